The van der Waals surface area contributed by atoms with Crippen molar-refractivity contribution in [2.45, 2.75) is 57.9 Å². The predicted molar refractivity (Wildman–Crippen MR) is 111 cm³/mol. The molecule has 6 nitrogen and oxygen atoms in total. The van der Waals surface area contributed by atoms with Crippen LogP contribution in [0.3, 0.4) is 0 Å². The number of amides is 1. The molecule has 3 rings (SSSR count). The average Bonchev–Trinajstić information content (AvgIpc) is 3.29. The summed E-state index contributed by atoms with van der Waals surface area (Å²) < 4.78 is 1.01. The smallest absolute Gasteiger partial charge is 0.256 e. The summed E-state index contributed by atoms with van der Waals surface area (Å²) in [6.07, 6.45) is 6.20. The maximum absolute atomic E-state index is 12.9. The quantitative estimate of drug-likeness (QED) is 0.513. The van der Waals surface area contributed by atoms with Crippen molar-refractivity contribution in [3.63, 3.8) is 0 Å². The van der Waals surface area contributed by atoms with Gasteiger partial charge in [-0.05, 0) is 52.2 Å². The molecule has 0 bridgehead atoms. The van der Waals surface area contributed by atoms with Gasteiger partial charge in [0.25, 0.3) is 5.91 Å². The van der Waals surface area contributed by atoms with E-state index in [9.17, 15) is 4.79 Å². The lowest BCUT2D eigenvalue weighted by atomic mass is 9.85. The van der Waals surface area contributed by atoms with E-state index in [2.05, 4.69) is 60.6 Å². The maximum Gasteiger partial charge on any atom is 0.256 e. The Hall–Kier alpha value is -1.98. The first-order chi connectivity index (χ1) is 13.0. The highest BCUT2D eigenvalue weighted by Crippen LogP contribution is 2.39. The third kappa shape index (κ3) is 4.85. The molecule has 0 saturated carbocycles. The number of nitrogens with one attached hydrogen (secondary N) is 2. The summed E-state index contributed by atoms with van der Waals surface area (Å²) in [6.45, 7) is 4.17. The molecule has 0 aliphatic carbocycles. The fourth-order valence-electron chi connectivity index (χ4n) is 3.10. The molecular weight excluding hydrogens is 426 g/mol. The lowest BCUT2D eigenvalue weighted by Crippen LogP contribution is -2.48. The van der Waals surface area contributed by atoms with Gasteiger partial charge in [-0.15, -0.1) is 27.5 Å². The van der Waals surface area contributed by atoms with Gasteiger partial charge in [-0.1, -0.05) is 32.1 Å². The fraction of sp³-hybridized carbons (Fsp3) is 0.474. The van der Waals surface area contributed by atoms with Gasteiger partial charge in [0.05, 0.1) is 9.36 Å². The molecule has 0 saturated heterocycles. The number of tetrazole rings is 1. The van der Waals surface area contributed by atoms with Crippen LogP contribution in [0.2, 0.25) is 0 Å². The zero-order valence-corrected chi connectivity index (χ0v) is 17.8. The van der Waals surface area contributed by atoms with E-state index in [1.807, 2.05) is 19.1 Å². The summed E-state index contributed by atoms with van der Waals surface area (Å²) in [4.78, 5) is 13.9. The highest BCUT2D eigenvalue weighted by molar-refractivity contribution is 9.11. The van der Waals surface area contributed by atoms with Crippen LogP contribution in [0.25, 0.3) is 11.1 Å². The molecule has 2 aromatic heterocycles. The minimum absolute atomic E-state index is 0.218. The second kappa shape index (κ2) is 8.81. The highest BCUT2D eigenvalue weighted by atomic mass is 79.9. The first-order valence-electron chi connectivity index (χ1n) is 9.07. The van der Waals surface area contributed by atoms with Crippen molar-refractivity contribution >= 4 is 44.3 Å². The molecular formula is C19H22BrN5OS. The fourth-order valence-corrected chi connectivity index (χ4v) is 4.54. The van der Waals surface area contributed by atoms with Crippen LogP contribution in [-0.2, 0) is 4.79 Å². The van der Waals surface area contributed by atoms with Crippen LogP contribution in [0, 0.1) is 11.8 Å². The third-order valence-corrected chi connectivity index (χ3v) is 6.09. The molecule has 0 aromatic carbocycles. The molecule has 0 fully saturated rings. The normalized spacial score (nSPS) is 19.6. The number of H-pyrrole nitrogens is 1. The average molecular weight is 448 g/mol. The first kappa shape index (κ1) is 19.8. The molecule has 3 heterocycles. The van der Waals surface area contributed by atoms with E-state index in [4.69, 9.17) is 0 Å². The number of unbranched alkanes of at least 4 members (excludes halogenated alkanes) is 4. The minimum Gasteiger partial charge on any atom is -0.336 e. The molecule has 0 unspecified atom stereocenters. The Labute approximate surface area is 171 Å². The van der Waals surface area contributed by atoms with Gasteiger partial charge in [0.15, 0.2) is 0 Å². The van der Waals surface area contributed by atoms with Gasteiger partial charge in [0, 0.05) is 17.7 Å². The van der Waals surface area contributed by atoms with E-state index in [-0.39, 0.29) is 5.91 Å². The third-order valence-electron chi connectivity index (χ3n) is 4.41. The SMILES string of the molecule is CCCCCCC#C[C@]1(C)CC(c2ccc(Br)s2)=C(c2nn[nH]n2)C(=O)N1. The van der Waals surface area contributed by atoms with Crippen molar-refractivity contribution in [1.82, 2.24) is 25.9 Å². The Kier molecular flexibility index (Phi) is 6.45. The Morgan fingerprint density at radius 1 is 1.33 bits per heavy atom. The summed E-state index contributed by atoms with van der Waals surface area (Å²) in [7, 11) is 0. The van der Waals surface area contributed by atoms with E-state index < -0.39 is 5.54 Å². The van der Waals surface area contributed by atoms with E-state index in [1.165, 1.54) is 19.3 Å². The molecule has 1 aliphatic heterocycles. The Morgan fingerprint density at radius 2 is 2.19 bits per heavy atom. The van der Waals surface area contributed by atoms with Gasteiger partial charge >= 0.3 is 0 Å². The molecule has 0 radical (unpaired) electrons. The summed E-state index contributed by atoms with van der Waals surface area (Å²) in [5.41, 5.74) is 0.750. The summed E-state index contributed by atoms with van der Waals surface area (Å²) in [5.74, 6) is 6.64. The number of carbonyl (C=O) groups is 1. The molecule has 2 aromatic rings. The number of rotatable bonds is 6. The maximum atomic E-state index is 12.9. The number of halogens is 1. The van der Waals surface area contributed by atoms with Gasteiger partial charge in [0.1, 0.15) is 5.54 Å². The predicted octanol–water partition coefficient (Wildman–Crippen LogP) is 4.19. The number of aromatic nitrogens is 4. The second-order valence-electron chi connectivity index (χ2n) is 6.77. The monoisotopic (exact) mass is 447 g/mol. The Bertz CT molecular complexity index is 893. The molecule has 2 N–H and O–H groups in total. The standard InChI is InChI=1S/C19H22BrN5OS/c1-3-4-5-6-7-8-11-19(2)12-13(14-9-10-15(20)27-14)16(18(26)21-19)17-22-24-25-23-17/h9-10H,3-7,12H2,1-2H3,(H,21,26)(H,22,23,24,25)/t19-/m1/s1. The van der Waals surface area contributed by atoms with Gasteiger partial charge < -0.3 is 5.32 Å². The van der Waals surface area contributed by atoms with Crippen LogP contribution in [0.5, 0.6) is 0 Å². The minimum atomic E-state index is -0.610. The number of thiophene rings is 1. The van der Waals surface area contributed by atoms with Crippen molar-refractivity contribution in [3.05, 3.63) is 26.6 Å². The van der Waals surface area contributed by atoms with Crippen LogP contribution >= 0.6 is 27.3 Å². The molecule has 1 amide bonds. The number of carbonyl (C=O) groups excluding carboxylic acids is 1. The van der Waals surface area contributed by atoms with E-state index >= 15 is 0 Å². The zero-order chi connectivity index (χ0) is 19.3. The second-order valence-corrected chi connectivity index (χ2v) is 9.23. The van der Waals surface area contributed by atoms with Crippen molar-refractivity contribution in [2.24, 2.45) is 0 Å². The van der Waals surface area contributed by atoms with Crippen molar-refractivity contribution in [1.29, 1.82) is 0 Å². The summed E-state index contributed by atoms with van der Waals surface area (Å²) >= 11 is 5.08. The number of hydrogen-bond donors (Lipinski definition) is 2. The van der Waals surface area contributed by atoms with Crippen molar-refractivity contribution in [2.75, 3.05) is 0 Å². The van der Waals surface area contributed by atoms with Gasteiger partial charge in [-0.25, -0.2) is 0 Å². The Morgan fingerprint density at radius 3 is 2.85 bits per heavy atom. The molecule has 8 heteroatoms. The molecule has 0 spiro atoms. The summed E-state index contributed by atoms with van der Waals surface area (Å²) in [5, 5.41) is 17.1. The van der Waals surface area contributed by atoms with Gasteiger partial charge in [-0.2, -0.15) is 5.21 Å². The van der Waals surface area contributed by atoms with Gasteiger partial charge in [-0.3, -0.25) is 4.79 Å². The first-order valence-corrected chi connectivity index (χ1v) is 10.7. The Balaban J connectivity index is 1.89. The lowest BCUT2D eigenvalue weighted by molar-refractivity contribution is -0.117. The summed E-state index contributed by atoms with van der Waals surface area (Å²) in [6, 6.07) is 3.98. The van der Waals surface area contributed by atoms with Crippen LogP contribution < -0.4 is 5.32 Å². The van der Waals surface area contributed by atoms with Crippen molar-refractivity contribution in [3.8, 4) is 11.8 Å². The molecule has 1 atom stereocenters. The van der Waals surface area contributed by atoms with Crippen LogP contribution in [0.4, 0.5) is 0 Å². The number of nitrogens with zero attached hydrogens (tertiary/aromatic N) is 3. The number of aromatic amines is 1. The van der Waals surface area contributed by atoms with E-state index in [0.717, 1.165) is 27.1 Å². The van der Waals surface area contributed by atoms with Crippen LogP contribution in [0.15, 0.2) is 15.9 Å². The highest BCUT2D eigenvalue weighted by Gasteiger charge is 2.37. The largest absolute Gasteiger partial charge is 0.336 e. The van der Waals surface area contributed by atoms with E-state index in [0.29, 0.717) is 17.8 Å². The van der Waals surface area contributed by atoms with Crippen molar-refractivity contribution < 1.29 is 4.79 Å². The topological polar surface area (TPSA) is 83.6 Å². The van der Waals surface area contributed by atoms with E-state index in [1.54, 1.807) is 11.3 Å². The number of hydrogen-bond acceptors (Lipinski definition) is 5. The van der Waals surface area contributed by atoms with Crippen LogP contribution in [0.1, 0.15) is 63.1 Å². The lowest BCUT2D eigenvalue weighted by Gasteiger charge is -2.32. The molecule has 1 aliphatic rings. The van der Waals surface area contributed by atoms with Gasteiger partial charge in [0.2, 0.25) is 5.82 Å². The molecule has 27 heavy (non-hydrogen) atoms. The molecule has 142 valence electrons. The zero-order valence-electron chi connectivity index (χ0n) is 15.4. The van der Waals surface area contributed by atoms with Crippen LogP contribution in [-0.4, -0.2) is 32.1 Å².